The molecule has 1 aromatic heterocycles. The fraction of sp³-hybridized carbons (Fsp3) is 0.500. The van der Waals surface area contributed by atoms with Gasteiger partial charge in [0.15, 0.2) is 5.69 Å². The molecule has 2 aromatic rings. The Bertz CT molecular complexity index is 916. The second-order valence-corrected chi connectivity index (χ2v) is 7.75. The number of nitrogens with zero attached hydrogens (tertiary/aromatic N) is 2. The van der Waals surface area contributed by atoms with Crippen LogP contribution in [-0.4, -0.2) is 22.0 Å². The van der Waals surface area contributed by atoms with Crippen LogP contribution in [-0.2, 0) is 11.3 Å². The number of anilines is 2. The van der Waals surface area contributed by atoms with E-state index < -0.39 is 11.2 Å². The summed E-state index contributed by atoms with van der Waals surface area (Å²) in [6.07, 6.45) is 3.79. The maximum absolute atomic E-state index is 12.9. The predicted molar refractivity (Wildman–Crippen MR) is 117 cm³/mol. The second kappa shape index (κ2) is 10.6. The van der Waals surface area contributed by atoms with E-state index in [0.717, 1.165) is 31.2 Å². The van der Waals surface area contributed by atoms with Crippen LogP contribution in [0, 0.1) is 5.92 Å². The predicted octanol–water partition coefficient (Wildman–Crippen LogP) is 3.13. The van der Waals surface area contributed by atoms with E-state index in [1.54, 1.807) is 0 Å². The number of carbonyl (C=O) groups is 1. The zero-order chi connectivity index (χ0) is 21.4. The highest BCUT2D eigenvalue weighted by molar-refractivity contribution is 5.95. The molecule has 29 heavy (non-hydrogen) atoms. The summed E-state index contributed by atoms with van der Waals surface area (Å²) in [4.78, 5) is 41.8. The Labute approximate surface area is 171 Å². The number of hydrogen-bond donors (Lipinski definition) is 2. The van der Waals surface area contributed by atoms with Gasteiger partial charge in [-0.25, -0.2) is 4.79 Å². The van der Waals surface area contributed by atoms with Crippen molar-refractivity contribution >= 4 is 17.4 Å². The molecule has 0 fully saturated rings. The third kappa shape index (κ3) is 6.07. The molecule has 3 N–H and O–H groups in total. The first kappa shape index (κ1) is 22.5. The van der Waals surface area contributed by atoms with Crippen molar-refractivity contribution in [3.63, 3.8) is 0 Å². The number of unbranched alkanes of at least 4 members (excludes halogenated alkanes) is 2. The van der Waals surface area contributed by atoms with Gasteiger partial charge in [-0.15, -0.1) is 0 Å². The van der Waals surface area contributed by atoms with E-state index in [0.29, 0.717) is 18.9 Å². The lowest BCUT2D eigenvalue weighted by atomic mass is 10.1. The number of benzene rings is 1. The molecule has 0 bridgehead atoms. The highest BCUT2D eigenvalue weighted by Gasteiger charge is 2.24. The van der Waals surface area contributed by atoms with Crippen LogP contribution in [0.3, 0.4) is 0 Å². The first-order valence-electron chi connectivity index (χ1n) is 10.3. The minimum atomic E-state index is -0.621. The smallest absolute Gasteiger partial charge is 0.330 e. The van der Waals surface area contributed by atoms with Crippen molar-refractivity contribution in [3.8, 4) is 0 Å². The van der Waals surface area contributed by atoms with Gasteiger partial charge in [0.05, 0.1) is 6.54 Å². The number of hydrogen-bond acceptors (Lipinski definition) is 4. The molecule has 1 heterocycles. The first-order valence-corrected chi connectivity index (χ1v) is 10.3. The summed E-state index contributed by atoms with van der Waals surface area (Å²) in [5.74, 6) is 0.243. The SMILES string of the molecule is CCCCCC(=O)N(CCC(C)C)c1c(N)n(Cc2ccccc2)c(=O)[nH]c1=O. The molecule has 1 aromatic carbocycles. The number of nitrogens with one attached hydrogen (secondary N) is 1. The molecule has 0 aliphatic rings. The molecule has 2 rings (SSSR count). The zero-order valence-corrected chi connectivity index (χ0v) is 17.6. The number of nitrogen functional groups attached to an aromatic ring is 1. The fourth-order valence-electron chi connectivity index (χ4n) is 3.17. The van der Waals surface area contributed by atoms with Gasteiger partial charge >= 0.3 is 5.69 Å². The van der Waals surface area contributed by atoms with Gasteiger partial charge in [-0.3, -0.25) is 19.1 Å². The Hall–Kier alpha value is -2.83. The maximum Gasteiger partial charge on any atom is 0.330 e. The van der Waals surface area contributed by atoms with Crippen molar-refractivity contribution in [1.29, 1.82) is 0 Å². The van der Waals surface area contributed by atoms with Crippen molar-refractivity contribution in [3.05, 3.63) is 56.7 Å². The number of rotatable bonds is 10. The number of aromatic amines is 1. The summed E-state index contributed by atoms with van der Waals surface area (Å²) in [5.41, 5.74) is 6.03. The number of carbonyl (C=O) groups excluding carboxylic acids is 1. The van der Waals surface area contributed by atoms with E-state index in [1.807, 2.05) is 30.3 Å². The highest BCUT2D eigenvalue weighted by atomic mass is 16.2. The van der Waals surface area contributed by atoms with Gasteiger partial charge in [0, 0.05) is 13.0 Å². The number of nitrogens with two attached hydrogens (primary N) is 1. The van der Waals surface area contributed by atoms with Crippen molar-refractivity contribution < 1.29 is 4.79 Å². The van der Waals surface area contributed by atoms with Gasteiger partial charge < -0.3 is 10.6 Å². The van der Waals surface area contributed by atoms with Crippen LogP contribution in [0.5, 0.6) is 0 Å². The molecule has 0 unspecified atom stereocenters. The third-order valence-electron chi connectivity index (χ3n) is 4.89. The monoisotopic (exact) mass is 400 g/mol. The Kier molecular flexibility index (Phi) is 8.24. The van der Waals surface area contributed by atoms with E-state index in [1.165, 1.54) is 9.47 Å². The molecular weight excluding hydrogens is 368 g/mol. The largest absolute Gasteiger partial charge is 0.383 e. The molecule has 0 aliphatic heterocycles. The van der Waals surface area contributed by atoms with Crippen LogP contribution in [0.1, 0.15) is 58.4 Å². The van der Waals surface area contributed by atoms with E-state index in [2.05, 4.69) is 25.8 Å². The molecule has 0 atom stereocenters. The van der Waals surface area contributed by atoms with Crippen molar-refractivity contribution in [2.75, 3.05) is 17.2 Å². The van der Waals surface area contributed by atoms with E-state index >= 15 is 0 Å². The third-order valence-corrected chi connectivity index (χ3v) is 4.89. The molecule has 0 saturated heterocycles. The Balaban J connectivity index is 2.45. The minimum absolute atomic E-state index is 0.0233. The second-order valence-electron chi connectivity index (χ2n) is 7.75. The van der Waals surface area contributed by atoms with Crippen LogP contribution >= 0.6 is 0 Å². The molecular formula is C22H32N4O3. The molecule has 1 amide bonds. The topological polar surface area (TPSA) is 101 Å². The molecule has 7 heteroatoms. The van der Waals surface area contributed by atoms with Crippen molar-refractivity contribution in [2.45, 2.75) is 59.4 Å². The van der Waals surface area contributed by atoms with Gasteiger partial charge in [-0.1, -0.05) is 63.9 Å². The Morgan fingerprint density at radius 2 is 1.86 bits per heavy atom. The average molecular weight is 401 g/mol. The summed E-state index contributed by atoms with van der Waals surface area (Å²) in [7, 11) is 0. The van der Waals surface area contributed by atoms with Crippen LogP contribution < -0.4 is 21.9 Å². The molecule has 0 spiro atoms. The first-order chi connectivity index (χ1) is 13.8. The summed E-state index contributed by atoms with van der Waals surface area (Å²) in [6.45, 7) is 6.80. The van der Waals surface area contributed by atoms with Crippen LogP contribution in [0.25, 0.3) is 0 Å². The van der Waals surface area contributed by atoms with Crippen LogP contribution in [0.15, 0.2) is 39.9 Å². The number of H-pyrrole nitrogens is 1. The van der Waals surface area contributed by atoms with Crippen molar-refractivity contribution in [1.82, 2.24) is 9.55 Å². The molecule has 158 valence electrons. The Morgan fingerprint density at radius 3 is 2.48 bits per heavy atom. The average Bonchev–Trinajstić information content (AvgIpc) is 2.68. The number of aromatic nitrogens is 2. The molecule has 0 saturated carbocycles. The van der Waals surface area contributed by atoms with Gasteiger partial charge in [0.25, 0.3) is 5.56 Å². The summed E-state index contributed by atoms with van der Waals surface area (Å²) < 4.78 is 1.31. The van der Waals surface area contributed by atoms with Gasteiger partial charge in [0.1, 0.15) is 5.82 Å². The summed E-state index contributed by atoms with van der Waals surface area (Å²) >= 11 is 0. The van der Waals surface area contributed by atoms with E-state index in [4.69, 9.17) is 5.73 Å². The lowest BCUT2D eigenvalue weighted by Gasteiger charge is -2.25. The lowest BCUT2D eigenvalue weighted by Crippen LogP contribution is -2.42. The Morgan fingerprint density at radius 1 is 1.17 bits per heavy atom. The minimum Gasteiger partial charge on any atom is -0.383 e. The quantitative estimate of drug-likeness (QED) is 0.598. The van der Waals surface area contributed by atoms with E-state index in [9.17, 15) is 14.4 Å². The highest BCUT2D eigenvalue weighted by Crippen LogP contribution is 2.21. The normalized spacial score (nSPS) is 11.0. The molecule has 0 radical (unpaired) electrons. The van der Waals surface area contributed by atoms with Crippen LogP contribution in [0.4, 0.5) is 11.5 Å². The maximum atomic E-state index is 12.9. The number of amides is 1. The molecule has 0 aliphatic carbocycles. The van der Waals surface area contributed by atoms with Gasteiger partial charge in [-0.2, -0.15) is 0 Å². The zero-order valence-electron chi connectivity index (χ0n) is 17.6. The summed E-state index contributed by atoms with van der Waals surface area (Å²) in [6, 6.07) is 9.38. The standard InChI is InChI=1S/C22H32N4O3/c1-4-5-7-12-18(27)25(14-13-16(2)3)19-20(23)26(22(29)24-21(19)28)15-17-10-8-6-9-11-17/h6,8-11,16H,4-5,7,12-15,23H2,1-3H3,(H,24,28,29). The summed E-state index contributed by atoms with van der Waals surface area (Å²) in [5, 5.41) is 0. The van der Waals surface area contributed by atoms with Crippen molar-refractivity contribution in [2.24, 2.45) is 5.92 Å². The van der Waals surface area contributed by atoms with E-state index in [-0.39, 0.29) is 24.0 Å². The van der Waals surface area contributed by atoms with Gasteiger partial charge in [0.2, 0.25) is 5.91 Å². The lowest BCUT2D eigenvalue weighted by molar-refractivity contribution is -0.118. The fourth-order valence-corrected chi connectivity index (χ4v) is 3.17. The molecule has 7 nitrogen and oxygen atoms in total. The van der Waals surface area contributed by atoms with Gasteiger partial charge in [-0.05, 0) is 24.3 Å². The van der Waals surface area contributed by atoms with Crippen LogP contribution in [0.2, 0.25) is 0 Å².